The van der Waals surface area contributed by atoms with Crippen molar-refractivity contribution in [2.45, 2.75) is 69.6 Å². The van der Waals surface area contributed by atoms with Crippen molar-refractivity contribution in [3.63, 3.8) is 0 Å². The van der Waals surface area contributed by atoms with Crippen molar-refractivity contribution in [2.24, 2.45) is 11.3 Å². The third kappa shape index (κ3) is 3.71. The lowest BCUT2D eigenvalue weighted by Gasteiger charge is -2.61. The second kappa shape index (κ2) is 9.06. The van der Waals surface area contributed by atoms with Crippen LogP contribution in [-0.2, 0) is 26.3 Å². The Labute approximate surface area is 234 Å². The van der Waals surface area contributed by atoms with Gasteiger partial charge in [0, 0.05) is 42.7 Å². The molecule has 8 nitrogen and oxygen atoms in total. The number of benzene rings is 2. The maximum atomic E-state index is 13.9. The van der Waals surface area contributed by atoms with Gasteiger partial charge in [0.2, 0.25) is 5.91 Å². The molecule has 40 heavy (non-hydrogen) atoms. The highest BCUT2D eigenvalue weighted by Gasteiger charge is 2.59. The second-order valence-electron chi connectivity index (χ2n) is 12.8. The van der Waals surface area contributed by atoms with E-state index in [0.717, 1.165) is 55.0 Å². The zero-order valence-corrected chi connectivity index (χ0v) is 22.9. The summed E-state index contributed by atoms with van der Waals surface area (Å²) in [6.45, 7) is 2.67. The molecule has 0 N–H and O–H groups in total. The van der Waals surface area contributed by atoms with Crippen molar-refractivity contribution in [3.05, 3.63) is 59.8 Å². The number of likely N-dealkylation sites (tertiary alicyclic amines) is 1. The molecule has 3 saturated carbocycles. The summed E-state index contributed by atoms with van der Waals surface area (Å²) in [7, 11) is 0. The highest BCUT2D eigenvalue weighted by atomic mass is 16.6. The number of carbonyl (C=O) groups is 2. The van der Waals surface area contributed by atoms with Crippen LogP contribution in [0, 0.1) is 11.3 Å². The van der Waals surface area contributed by atoms with E-state index < -0.39 is 5.41 Å². The molecule has 208 valence electrons. The summed E-state index contributed by atoms with van der Waals surface area (Å²) in [5.74, 6) is 0.985. The van der Waals surface area contributed by atoms with Crippen LogP contribution < -0.4 is 4.90 Å². The first-order chi connectivity index (χ1) is 19.5. The van der Waals surface area contributed by atoms with Crippen molar-refractivity contribution in [3.8, 4) is 0 Å². The number of carbonyl (C=O) groups excluding carboxylic acids is 2. The summed E-state index contributed by atoms with van der Waals surface area (Å²) in [6.07, 6.45) is 8.04. The molecule has 2 atom stereocenters. The Balaban J connectivity index is 1.03. The maximum Gasteiger partial charge on any atom is 0.410 e. The molecule has 2 bridgehead atoms. The van der Waals surface area contributed by atoms with E-state index in [1.165, 1.54) is 30.3 Å². The van der Waals surface area contributed by atoms with Crippen molar-refractivity contribution in [2.75, 3.05) is 31.1 Å². The van der Waals surface area contributed by atoms with E-state index in [0.29, 0.717) is 26.1 Å². The highest BCUT2D eigenvalue weighted by molar-refractivity contribution is 6.02. The summed E-state index contributed by atoms with van der Waals surface area (Å²) in [5, 5.41) is 6.38. The Morgan fingerprint density at radius 3 is 2.60 bits per heavy atom. The number of hydrogen-bond acceptors (Lipinski definition) is 5. The second-order valence-corrected chi connectivity index (χ2v) is 12.8. The molecular formula is C32H36N4O4. The van der Waals surface area contributed by atoms with Gasteiger partial charge in [-0.25, -0.2) is 9.48 Å². The lowest BCUT2D eigenvalue weighted by atomic mass is 9.43. The van der Waals surface area contributed by atoms with Gasteiger partial charge in [-0.2, -0.15) is 5.10 Å². The van der Waals surface area contributed by atoms with E-state index in [1.54, 1.807) is 4.90 Å². The van der Waals surface area contributed by atoms with Crippen molar-refractivity contribution >= 4 is 28.6 Å². The van der Waals surface area contributed by atoms with E-state index >= 15 is 0 Å². The molecular weight excluding hydrogens is 504 g/mol. The highest BCUT2D eigenvalue weighted by Crippen LogP contribution is 2.65. The topological polar surface area (TPSA) is 76.9 Å². The normalized spacial score (nSPS) is 31.1. The molecule has 6 fully saturated rings. The van der Waals surface area contributed by atoms with Gasteiger partial charge < -0.3 is 19.3 Å². The summed E-state index contributed by atoms with van der Waals surface area (Å²) in [4.78, 5) is 30.4. The molecule has 3 saturated heterocycles. The number of rotatable bonds is 5. The van der Waals surface area contributed by atoms with E-state index in [4.69, 9.17) is 14.6 Å². The number of fused-ring (bicyclic) bond motifs is 1. The van der Waals surface area contributed by atoms with Crippen LogP contribution in [0.4, 0.5) is 10.5 Å². The summed E-state index contributed by atoms with van der Waals surface area (Å²) in [5.41, 5.74) is 3.90. The maximum absolute atomic E-state index is 13.9. The Kier molecular flexibility index (Phi) is 5.53. The minimum absolute atomic E-state index is 0.00833. The van der Waals surface area contributed by atoms with Crippen LogP contribution in [0.25, 0.3) is 10.9 Å². The smallest absolute Gasteiger partial charge is 0.410 e. The lowest BCUT2D eigenvalue weighted by molar-refractivity contribution is -0.124. The standard InChI is InChI=1S/C32H36N4O4/c37-29-31(11-13-34(21-31)30(38)40-20-22-6-2-1-3-7-22)12-14-35(29)24-9-10-26-25(16-24)28(32-17-23(18-32)19-32)33-36(26)27-8-4-5-15-39-27/h1-3,6-7,9-10,16,23,27H,4-5,8,11-15,17-21H2/t23?,27?,31-,32?/m0/s1. The fraction of sp³-hybridized carbons (Fsp3) is 0.531. The van der Waals surface area contributed by atoms with Gasteiger partial charge in [-0.15, -0.1) is 0 Å². The summed E-state index contributed by atoms with van der Waals surface area (Å²) >= 11 is 0. The van der Waals surface area contributed by atoms with Gasteiger partial charge in [-0.3, -0.25) is 4.79 Å². The zero-order chi connectivity index (χ0) is 26.9. The van der Waals surface area contributed by atoms with Crippen LogP contribution in [0.15, 0.2) is 48.5 Å². The zero-order valence-electron chi connectivity index (χ0n) is 22.9. The molecule has 3 aromatic rings. The van der Waals surface area contributed by atoms with E-state index in [1.807, 2.05) is 35.2 Å². The minimum atomic E-state index is -0.530. The van der Waals surface area contributed by atoms with E-state index in [9.17, 15) is 9.59 Å². The number of ether oxygens (including phenoxy) is 2. The van der Waals surface area contributed by atoms with Crippen molar-refractivity contribution < 1.29 is 19.1 Å². The average Bonchev–Trinajstić information content (AvgIpc) is 3.63. The van der Waals surface area contributed by atoms with Gasteiger partial charge in [-0.05, 0) is 81.0 Å². The molecule has 1 unspecified atom stereocenters. The van der Waals surface area contributed by atoms with Crippen LogP contribution in [0.5, 0.6) is 0 Å². The van der Waals surface area contributed by atoms with Gasteiger partial charge >= 0.3 is 6.09 Å². The van der Waals surface area contributed by atoms with Crippen molar-refractivity contribution in [1.82, 2.24) is 14.7 Å². The van der Waals surface area contributed by atoms with E-state index in [2.05, 4.69) is 22.9 Å². The Morgan fingerprint density at radius 1 is 1.02 bits per heavy atom. The molecule has 1 aromatic heterocycles. The largest absolute Gasteiger partial charge is 0.445 e. The molecule has 3 aliphatic carbocycles. The van der Waals surface area contributed by atoms with Gasteiger partial charge in [-0.1, -0.05) is 30.3 Å². The molecule has 9 rings (SSSR count). The average molecular weight is 541 g/mol. The number of aromatic nitrogens is 2. The van der Waals surface area contributed by atoms with Crippen LogP contribution >= 0.6 is 0 Å². The fourth-order valence-electron chi connectivity index (χ4n) is 7.88. The van der Waals surface area contributed by atoms with Crippen LogP contribution in [0.2, 0.25) is 0 Å². The molecule has 6 aliphatic rings. The minimum Gasteiger partial charge on any atom is -0.445 e. The number of hydrogen-bond donors (Lipinski definition) is 0. The van der Waals surface area contributed by atoms with Gasteiger partial charge in [0.25, 0.3) is 0 Å². The van der Waals surface area contributed by atoms with Crippen LogP contribution in [0.3, 0.4) is 0 Å². The molecule has 4 heterocycles. The molecule has 2 amide bonds. The Hall–Kier alpha value is -3.39. The monoisotopic (exact) mass is 540 g/mol. The predicted molar refractivity (Wildman–Crippen MR) is 150 cm³/mol. The van der Waals surface area contributed by atoms with Crippen molar-refractivity contribution in [1.29, 1.82) is 0 Å². The van der Waals surface area contributed by atoms with Crippen LogP contribution in [-0.4, -0.2) is 52.9 Å². The summed E-state index contributed by atoms with van der Waals surface area (Å²) in [6, 6.07) is 16.1. The number of amides is 2. The SMILES string of the molecule is O=C(OCc1ccccc1)N1CC[C@]2(CCN(c3ccc4c(c3)c(C35CC(C3)C5)nn4C3CCCCO3)C2=O)C1. The van der Waals surface area contributed by atoms with Gasteiger partial charge in [0.05, 0.1) is 16.6 Å². The third-order valence-corrected chi connectivity index (χ3v) is 10.3. The Morgan fingerprint density at radius 2 is 1.85 bits per heavy atom. The third-order valence-electron chi connectivity index (χ3n) is 10.3. The van der Waals surface area contributed by atoms with Crippen LogP contribution in [0.1, 0.15) is 68.9 Å². The first kappa shape index (κ1) is 24.4. The van der Waals surface area contributed by atoms with Gasteiger partial charge in [0.15, 0.2) is 6.23 Å². The number of anilines is 1. The van der Waals surface area contributed by atoms with E-state index in [-0.39, 0.29) is 30.3 Å². The summed E-state index contributed by atoms with van der Waals surface area (Å²) < 4.78 is 13.8. The molecule has 0 radical (unpaired) electrons. The lowest BCUT2D eigenvalue weighted by Crippen LogP contribution is -2.55. The predicted octanol–water partition coefficient (Wildman–Crippen LogP) is 5.55. The fourth-order valence-corrected chi connectivity index (χ4v) is 7.88. The number of nitrogens with zero attached hydrogens (tertiary/aromatic N) is 4. The molecule has 1 spiro atoms. The Bertz CT molecular complexity index is 1460. The quantitative estimate of drug-likeness (QED) is 0.424. The molecule has 3 aliphatic heterocycles. The van der Waals surface area contributed by atoms with Gasteiger partial charge in [0.1, 0.15) is 6.61 Å². The molecule has 8 heteroatoms. The first-order valence-corrected chi connectivity index (χ1v) is 15.0. The first-order valence-electron chi connectivity index (χ1n) is 15.0. The molecule has 2 aromatic carbocycles.